The molecule has 1 unspecified atom stereocenters. The minimum Gasteiger partial charge on any atom is -0.383 e. The van der Waals surface area contributed by atoms with E-state index < -0.39 is 5.91 Å². The first kappa shape index (κ1) is 18.4. The highest BCUT2D eigenvalue weighted by atomic mass is 79.9. The first-order valence-electron chi connectivity index (χ1n) is 7.31. The average molecular weight is 405 g/mol. The number of nitriles is 1. The molecule has 0 spiro atoms. The maximum atomic E-state index is 12.1. The summed E-state index contributed by atoms with van der Waals surface area (Å²) < 4.78 is 5.99. The van der Waals surface area contributed by atoms with Gasteiger partial charge in [-0.2, -0.15) is 5.26 Å². The third kappa shape index (κ3) is 4.78. The van der Waals surface area contributed by atoms with Crippen molar-refractivity contribution in [1.82, 2.24) is 5.32 Å². The zero-order chi connectivity index (χ0) is 17.5. The molecule has 6 heteroatoms. The van der Waals surface area contributed by atoms with E-state index in [4.69, 9.17) is 4.74 Å². The maximum absolute atomic E-state index is 12.1. The topological polar surface area (TPSA) is 62.1 Å². The molecule has 0 bridgehead atoms. The van der Waals surface area contributed by atoms with Gasteiger partial charge in [0.25, 0.3) is 5.91 Å². The fourth-order valence-electron chi connectivity index (χ4n) is 2.12. The van der Waals surface area contributed by atoms with Crippen molar-refractivity contribution in [2.45, 2.75) is 13.0 Å². The molecule has 124 valence electrons. The van der Waals surface area contributed by atoms with Gasteiger partial charge in [-0.25, -0.2) is 0 Å². The van der Waals surface area contributed by atoms with Gasteiger partial charge in [0, 0.05) is 32.9 Å². The van der Waals surface area contributed by atoms with Crippen LogP contribution in [0.2, 0.25) is 0 Å². The lowest BCUT2D eigenvalue weighted by Crippen LogP contribution is -2.36. The lowest BCUT2D eigenvalue weighted by atomic mass is 10.2. The van der Waals surface area contributed by atoms with Crippen molar-refractivity contribution in [3.8, 4) is 16.5 Å². The molecule has 0 fully saturated rings. The van der Waals surface area contributed by atoms with Crippen LogP contribution in [0.3, 0.4) is 0 Å². The lowest BCUT2D eigenvalue weighted by molar-refractivity contribution is -0.117. The number of rotatable bonds is 6. The van der Waals surface area contributed by atoms with Crippen LogP contribution in [0.4, 0.5) is 0 Å². The van der Waals surface area contributed by atoms with Crippen molar-refractivity contribution < 1.29 is 9.53 Å². The molecule has 0 aliphatic carbocycles. The van der Waals surface area contributed by atoms with Gasteiger partial charge in [0.1, 0.15) is 11.6 Å². The number of ether oxygens (including phenoxy) is 1. The van der Waals surface area contributed by atoms with Crippen LogP contribution in [0.5, 0.6) is 0 Å². The quantitative estimate of drug-likeness (QED) is 0.578. The second kappa shape index (κ2) is 8.78. The second-order valence-electron chi connectivity index (χ2n) is 5.18. The molecule has 24 heavy (non-hydrogen) atoms. The number of halogens is 1. The number of thiophene rings is 1. The Labute approximate surface area is 153 Å². The first-order valence-corrected chi connectivity index (χ1v) is 8.92. The van der Waals surface area contributed by atoms with E-state index in [1.807, 2.05) is 49.4 Å². The monoisotopic (exact) mass is 404 g/mol. The highest BCUT2D eigenvalue weighted by Gasteiger charge is 2.13. The number of benzene rings is 1. The third-order valence-corrected chi connectivity index (χ3v) is 4.97. The van der Waals surface area contributed by atoms with Crippen molar-refractivity contribution >= 4 is 39.2 Å². The van der Waals surface area contributed by atoms with Crippen LogP contribution < -0.4 is 5.32 Å². The van der Waals surface area contributed by atoms with E-state index in [0.717, 1.165) is 19.8 Å². The van der Waals surface area contributed by atoms with Crippen LogP contribution in [-0.4, -0.2) is 25.7 Å². The number of nitrogens with zero attached hydrogens (tertiary/aromatic N) is 1. The van der Waals surface area contributed by atoms with E-state index in [2.05, 4.69) is 21.2 Å². The van der Waals surface area contributed by atoms with Crippen molar-refractivity contribution in [2.75, 3.05) is 13.7 Å². The highest BCUT2D eigenvalue weighted by molar-refractivity contribution is 9.10. The third-order valence-electron chi connectivity index (χ3n) is 3.21. The summed E-state index contributed by atoms with van der Waals surface area (Å²) in [6, 6.07) is 13.6. The summed E-state index contributed by atoms with van der Waals surface area (Å²) in [6.07, 6.45) is 1.61. The van der Waals surface area contributed by atoms with Crippen molar-refractivity contribution in [1.29, 1.82) is 5.26 Å². The summed E-state index contributed by atoms with van der Waals surface area (Å²) >= 11 is 5.06. The molecule has 1 amide bonds. The van der Waals surface area contributed by atoms with E-state index in [1.165, 1.54) is 11.3 Å². The molecule has 0 saturated carbocycles. The predicted octanol–water partition coefficient (Wildman–Crippen LogP) is 4.24. The molecule has 4 nitrogen and oxygen atoms in total. The standard InChI is InChI=1S/C18H17BrN2O2S/c1-12(11-23-2)21-18(22)13(10-20)9-14-7-8-17(24-14)15-5-3-4-6-16(15)19/h3-9,12H,11H2,1-2H3,(H,21,22)/b13-9+. The summed E-state index contributed by atoms with van der Waals surface area (Å²) in [7, 11) is 1.57. The molecule has 1 N–H and O–H groups in total. The predicted molar refractivity (Wildman–Crippen MR) is 101 cm³/mol. The van der Waals surface area contributed by atoms with Gasteiger partial charge in [0.15, 0.2) is 0 Å². The first-order chi connectivity index (χ1) is 11.5. The minimum atomic E-state index is -0.391. The summed E-state index contributed by atoms with van der Waals surface area (Å²) in [5.74, 6) is -0.391. The van der Waals surface area contributed by atoms with Gasteiger partial charge in [-0.3, -0.25) is 4.79 Å². The van der Waals surface area contributed by atoms with Crippen LogP contribution in [0, 0.1) is 11.3 Å². The Bertz CT molecular complexity index is 792. The summed E-state index contributed by atoms with van der Waals surface area (Å²) in [5, 5.41) is 12.0. The second-order valence-corrected chi connectivity index (χ2v) is 7.15. The molecule has 0 saturated heterocycles. The summed E-state index contributed by atoms with van der Waals surface area (Å²) in [5.41, 5.74) is 1.16. The SMILES string of the molecule is COCC(C)NC(=O)/C(C#N)=C/c1ccc(-c2ccccc2Br)s1. The summed E-state index contributed by atoms with van der Waals surface area (Å²) in [4.78, 5) is 14.1. The Morgan fingerprint density at radius 3 is 2.83 bits per heavy atom. The lowest BCUT2D eigenvalue weighted by Gasteiger charge is -2.11. The van der Waals surface area contributed by atoms with E-state index in [-0.39, 0.29) is 11.6 Å². The molecule has 0 aliphatic heterocycles. The number of methoxy groups -OCH3 is 1. The van der Waals surface area contributed by atoms with Gasteiger partial charge in [-0.15, -0.1) is 11.3 Å². The van der Waals surface area contributed by atoms with Crippen molar-refractivity contribution in [3.05, 3.63) is 51.3 Å². The molecule has 0 radical (unpaired) electrons. The maximum Gasteiger partial charge on any atom is 0.262 e. The van der Waals surface area contributed by atoms with E-state index >= 15 is 0 Å². The molecular formula is C18H17BrN2O2S. The van der Waals surface area contributed by atoms with Crippen LogP contribution >= 0.6 is 27.3 Å². The number of hydrogen-bond acceptors (Lipinski definition) is 4. The van der Waals surface area contributed by atoms with E-state index in [9.17, 15) is 10.1 Å². The van der Waals surface area contributed by atoms with Gasteiger partial charge in [-0.1, -0.05) is 34.1 Å². The molecule has 1 heterocycles. The fraction of sp³-hybridized carbons (Fsp3) is 0.222. The van der Waals surface area contributed by atoms with Crippen molar-refractivity contribution in [3.63, 3.8) is 0 Å². The molecule has 1 atom stereocenters. The molecular weight excluding hydrogens is 388 g/mol. The Balaban J connectivity index is 2.19. The van der Waals surface area contributed by atoms with E-state index in [1.54, 1.807) is 13.2 Å². The normalized spacial score (nSPS) is 12.5. The van der Waals surface area contributed by atoms with Crippen molar-refractivity contribution in [2.24, 2.45) is 0 Å². The minimum absolute atomic E-state index is 0.0819. The van der Waals surface area contributed by atoms with Crippen LogP contribution in [-0.2, 0) is 9.53 Å². The molecule has 2 aromatic rings. The van der Waals surface area contributed by atoms with Gasteiger partial charge in [-0.05, 0) is 31.2 Å². The number of hydrogen-bond donors (Lipinski definition) is 1. The van der Waals surface area contributed by atoms with Crippen LogP contribution in [0.15, 0.2) is 46.4 Å². The average Bonchev–Trinajstić information content (AvgIpc) is 3.01. The zero-order valence-corrected chi connectivity index (χ0v) is 15.8. The van der Waals surface area contributed by atoms with Crippen LogP contribution in [0.1, 0.15) is 11.8 Å². The van der Waals surface area contributed by atoms with Gasteiger partial charge < -0.3 is 10.1 Å². The Morgan fingerprint density at radius 1 is 1.42 bits per heavy atom. The molecule has 0 aliphatic rings. The Morgan fingerprint density at radius 2 is 2.17 bits per heavy atom. The van der Waals surface area contributed by atoms with Gasteiger partial charge >= 0.3 is 0 Å². The number of amides is 1. The Kier molecular flexibility index (Phi) is 6.73. The Hall–Kier alpha value is -1.94. The smallest absolute Gasteiger partial charge is 0.262 e. The van der Waals surface area contributed by atoms with Gasteiger partial charge in [0.05, 0.1) is 6.61 Å². The fourth-order valence-corrected chi connectivity index (χ4v) is 3.74. The van der Waals surface area contributed by atoms with Gasteiger partial charge in [0.2, 0.25) is 0 Å². The molecule has 1 aromatic carbocycles. The largest absolute Gasteiger partial charge is 0.383 e. The highest BCUT2D eigenvalue weighted by Crippen LogP contribution is 2.34. The molecule has 1 aromatic heterocycles. The number of nitrogens with one attached hydrogen (secondary N) is 1. The van der Waals surface area contributed by atoms with Crippen LogP contribution in [0.25, 0.3) is 16.5 Å². The molecule has 2 rings (SSSR count). The summed E-state index contributed by atoms with van der Waals surface area (Å²) in [6.45, 7) is 2.22. The number of carbonyl (C=O) groups excluding carboxylic acids is 1. The zero-order valence-electron chi connectivity index (χ0n) is 13.4. The van der Waals surface area contributed by atoms with E-state index in [0.29, 0.717) is 6.61 Å². The number of carbonyl (C=O) groups is 1.